The van der Waals surface area contributed by atoms with Gasteiger partial charge in [0.15, 0.2) is 0 Å². The summed E-state index contributed by atoms with van der Waals surface area (Å²) in [4.78, 5) is 11.1. The van der Waals surface area contributed by atoms with Crippen molar-refractivity contribution in [2.75, 3.05) is 0 Å². The molecule has 0 rings (SSSR count). The van der Waals surface area contributed by atoms with E-state index >= 15 is 0 Å². The molecule has 0 aliphatic carbocycles. The van der Waals surface area contributed by atoms with Crippen LogP contribution in [0.4, 0.5) is 0 Å². The van der Waals surface area contributed by atoms with Crippen molar-refractivity contribution in [1.29, 1.82) is 5.41 Å². The van der Waals surface area contributed by atoms with Gasteiger partial charge in [-0.25, -0.2) is 0 Å². The molecule has 0 aromatic heterocycles. The first-order valence-electron chi connectivity index (χ1n) is 4.47. The minimum atomic E-state index is 0.279. The van der Waals surface area contributed by atoms with Gasteiger partial charge in [-0.3, -0.25) is 4.79 Å². The van der Waals surface area contributed by atoms with Crippen LogP contribution in [0.1, 0.15) is 39.0 Å². The van der Waals surface area contributed by atoms with Gasteiger partial charge in [-0.05, 0) is 25.5 Å². The average Bonchev–Trinajstić information content (AvgIpc) is 2.06. The van der Waals surface area contributed by atoms with Crippen LogP contribution in [0.25, 0.3) is 0 Å². The minimum absolute atomic E-state index is 0.279. The minimum Gasteiger partial charge on any atom is -0.313 e. The highest BCUT2D eigenvalue weighted by molar-refractivity contribution is 5.80. The van der Waals surface area contributed by atoms with E-state index in [9.17, 15) is 4.79 Å². The van der Waals surface area contributed by atoms with Crippen molar-refractivity contribution in [3.63, 3.8) is 0 Å². The SMILES string of the molecule is CC/C=C/CC(=O)CCCC=N. The topological polar surface area (TPSA) is 40.9 Å². The van der Waals surface area contributed by atoms with Crippen molar-refractivity contribution in [2.45, 2.75) is 39.0 Å². The fraction of sp³-hybridized carbons (Fsp3) is 0.600. The van der Waals surface area contributed by atoms with Crippen molar-refractivity contribution in [1.82, 2.24) is 0 Å². The van der Waals surface area contributed by atoms with Crippen LogP contribution in [-0.4, -0.2) is 12.0 Å². The van der Waals surface area contributed by atoms with E-state index in [0.717, 1.165) is 19.3 Å². The van der Waals surface area contributed by atoms with Crippen molar-refractivity contribution in [3.8, 4) is 0 Å². The molecule has 0 fully saturated rings. The first-order chi connectivity index (χ1) is 5.81. The van der Waals surface area contributed by atoms with Crippen LogP contribution in [0.5, 0.6) is 0 Å². The van der Waals surface area contributed by atoms with E-state index in [1.807, 2.05) is 12.2 Å². The second kappa shape index (κ2) is 8.18. The van der Waals surface area contributed by atoms with Crippen LogP contribution >= 0.6 is 0 Å². The summed E-state index contributed by atoms with van der Waals surface area (Å²) >= 11 is 0. The number of hydrogen-bond acceptors (Lipinski definition) is 2. The normalized spacial score (nSPS) is 10.4. The summed E-state index contributed by atoms with van der Waals surface area (Å²) < 4.78 is 0. The summed E-state index contributed by atoms with van der Waals surface area (Å²) in [5, 5.41) is 6.76. The Labute approximate surface area is 74.2 Å². The number of allylic oxidation sites excluding steroid dienone is 2. The highest BCUT2D eigenvalue weighted by Crippen LogP contribution is 1.98. The Balaban J connectivity index is 3.33. The fourth-order valence-corrected chi connectivity index (χ4v) is 0.885. The molecule has 0 aliphatic rings. The molecule has 0 unspecified atom stereocenters. The molecule has 0 saturated heterocycles. The zero-order chi connectivity index (χ0) is 9.23. The standard InChI is InChI=1S/C10H17NO/c1-2-3-4-7-10(12)8-5-6-9-11/h3-4,9,11H,2,5-8H2,1H3/b4-3+,11-9?. The molecule has 2 nitrogen and oxygen atoms in total. The molecule has 2 heteroatoms. The van der Waals surface area contributed by atoms with Gasteiger partial charge < -0.3 is 5.41 Å². The number of rotatable bonds is 7. The molecule has 0 spiro atoms. The first kappa shape index (κ1) is 11.1. The lowest BCUT2D eigenvalue weighted by atomic mass is 10.1. The molecule has 1 N–H and O–H groups in total. The predicted molar refractivity (Wildman–Crippen MR) is 51.7 cm³/mol. The number of Topliss-reactive ketones (excluding diaryl/α,β-unsaturated/α-hetero) is 1. The summed E-state index contributed by atoms with van der Waals surface area (Å²) in [5.74, 6) is 0.279. The van der Waals surface area contributed by atoms with Crippen LogP contribution < -0.4 is 0 Å². The zero-order valence-electron chi connectivity index (χ0n) is 7.68. The number of carbonyl (C=O) groups excluding carboxylic acids is 1. The lowest BCUT2D eigenvalue weighted by molar-refractivity contribution is -0.118. The lowest BCUT2D eigenvalue weighted by Crippen LogP contribution is -1.95. The average molecular weight is 167 g/mol. The number of hydrogen-bond donors (Lipinski definition) is 1. The Kier molecular flexibility index (Phi) is 7.55. The second-order valence-corrected chi connectivity index (χ2v) is 2.72. The van der Waals surface area contributed by atoms with Gasteiger partial charge >= 0.3 is 0 Å². The van der Waals surface area contributed by atoms with Gasteiger partial charge in [0.25, 0.3) is 0 Å². The highest BCUT2D eigenvalue weighted by Gasteiger charge is 1.96. The predicted octanol–water partition coefficient (Wildman–Crippen LogP) is 2.73. The Morgan fingerprint density at radius 3 is 2.75 bits per heavy atom. The molecular formula is C10H17NO. The molecule has 0 amide bonds. The van der Waals surface area contributed by atoms with Crippen molar-refractivity contribution >= 4 is 12.0 Å². The largest absolute Gasteiger partial charge is 0.313 e. The zero-order valence-corrected chi connectivity index (χ0v) is 7.68. The van der Waals surface area contributed by atoms with Crippen molar-refractivity contribution in [2.24, 2.45) is 0 Å². The maximum atomic E-state index is 11.1. The molecule has 12 heavy (non-hydrogen) atoms. The third-order valence-electron chi connectivity index (χ3n) is 1.55. The molecule has 0 bridgehead atoms. The second-order valence-electron chi connectivity index (χ2n) is 2.72. The fourth-order valence-electron chi connectivity index (χ4n) is 0.885. The Morgan fingerprint density at radius 1 is 1.42 bits per heavy atom. The third kappa shape index (κ3) is 7.19. The van der Waals surface area contributed by atoms with Crippen LogP contribution in [0.2, 0.25) is 0 Å². The molecule has 68 valence electrons. The molecule has 0 heterocycles. The van der Waals surface area contributed by atoms with Gasteiger partial charge in [0.05, 0.1) is 0 Å². The van der Waals surface area contributed by atoms with Gasteiger partial charge in [-0.15, -0.1) is 0 Å². The maximum absolute atomic E-state index is 11.1. The molecule has 0 atom stereocenters. The first-order valence-corrected chi connectivity index (χ1v) is 4.47. The van der Waals surface area contributed by atoms with E-state index < -0.39 is 0 Å². The third-order valence-corrected chi connectivity index (χ3v) is 1.55. The van der Waals surface area contributed by atoms with Gasteiger partial charge in [-0.1, -0.05) is 19.1 Å². The van der Waals surface area contributed by atoms with E-state index in [4.69, 9.17) is 5.41 Å². The Bertz CT molecular complexity index is 161. The monoisotopic (exact) mass is 167 g/mol. The highest BCUT2D eigenvalue weighted by atomic mass is 16.1. The number of nitrogens with one attached hydrogen (secondary N) is 1. The smallest absolute Gasteiger partial charge is 0.136 e. The van der Waals surface area contributed by atoms with E-state index in [1.54, 1.807) is 0 Å². The number of ketones is 1. The Hall–Kier alpha value is -0.920. The van der Waals surface area contributed by atoms with Gasteiger partial charge in [0, 0.05) is 12.8 Å². The van der Waals surface area contributed by atoms with Gasteiger partial charge in [0.1, 0.15) is 5.78 Å². The summed E-state index contributed by atoms with van der Waals surface area (Å²) in [6.07, 6.45) is 9.00. The van der Waals surface area contributed by atoms with Crippen molar-refractivity contribution in [3.05, 3.63) is 12.2 Å². The molecular weight excluding hydrogens is 150 g/mol. The van der Waals surface area contributed by atoms with Crippen LogP contribution in [0, 0.1) is 5.41 Å². The summed E-state index contributed by atoms with van der Waals surface area (Å²) in [5.41, 5.74) is 0. The molecule has 0 aliphatic heterocycles. The van der Waals surface area contributed by atoms with Crippen LogP contribution in [0.15, 0.2) is 12.2 Å². The van der Waals surface area contributed by atoms with E-state index in [2.05, 4.69) is 6.92 Å². The van der Waals surface area contributed by atoms with E-state index in [0.29, 0.717) is 12.8 Å². The van der Waals surface area contributed by atoms with Gasteiger partial charge in [-0.2, -0.15) is 0 Å². The summed E-state index contributed by atoms with van der Waals surface area (Å²) in [6, 6.07) is 0. The number of unbranched alkanes of at least 4 members (excludes halogenated alkanes) is 1. The molecule has 0 saturated carbocycles. The molecule has 0 radical (unpaired) electrons. The summed E-state index contributed by atoms with van der Waals surface area (Å²) in [6.45, 7) is 2.05. The van der Waals surface area contributed by atoms with Crippen LogP contribution in [0.3, 0.4) is 0 Å². The van der Waals surface area contributed by atoms with Crippen LogP contribution in [-0.2, 0) is 4.79 Å². The Morgan fingerprint density at radius 2 is 2.17 bits per heavy atom. The maximum Gasteiger partial charge on any atom is 0.136 e. The van der Waals surface area contributed by atoms with E-state index in [-0.39, 0.29) is 5.78 Å². The lowest BCUT2D eigenvalue weighted by Gasteiger charge is -1.93. The molecule has 0 aromatic carbocycles. The summed E-state index contributed by atoms with van der Waals surface area (Å²) in [7, 11) is 0. The van der Waals surface area contributed by atoms with Gasteiger partial charge in [0.2, 0.25) is 0 Å². The van der Waals surface area contributed by atoms with E-state index in [1.165, 1.54) is 6.21 Å². The number of carbonyl (C=O) groups is 1. The molecule has 0 aromatic rings. The van der Waals surface area contributed by atoms with Crippen molar-refractivity contribution < 1.29 is 4.79 Å². The quantitative estimate of drug-likeness (QED) is 0.353.